The average Bonchev–Trinajstić information content (AvgIpc) is 2.15. The fourth-order valence-corrected chi connectivity index (χ4v) is 1.71. The molecule has 0 fully saturated rings. The van der Waals surface area contributed by atoms with Crippen LogP contribution in [0.2, 0.25) is 0 Å². The second-order valence-electron chi connectivity index (χ2n) is 1.83. The first-order valence-electron chi connectivity index (χ1n) is 2.59. The third kappa shape index (κ3) is 0.480. The van der Waals surface area contributed by atoms with E-state index < -0.39 is 0 Å². The van der Waals surface area contributed by atoms with Crippen LogP contribution in [-0.2, 0) is 0 Å². The molecule has 8 heavy (non-hydrogen) atoms. The number of thioether (sulfide) groups is 1. The maximum Gasteiger partial charge on any atom is 0.0528 e. The molecule has 1 aliphatic heterocycles. The zero-order valence-electron chi connectivity index (χ0n) is 4.29. The van der Waals surface area contributed by atoms with Crippen molar-refractivity contribution in [1.29, 1.82) is 0 Å². The van der Waals surface area contributed by atoms with Crippen molar-refractivity contribution in [2.75, 3.05) is 0 Å². The van der Waals surface area contributed by atoms with Gasteiger partial charge in [-0.05, 0) is 17.1 Å². The number of hydrogen-bond donors (Lipinski definition) is 0. The molecule has 1 heteroatoms. The molecule has 1 heterocycles. The van der Waals surface area contributed by atoms with Crippen LogP contribution in [0.15, 0.2) is 29.2 Å². The van der Waals surface area contributed by atoms with E-state index in [1.54, 1.807) is 0 Å². The Morgan fingerprint density at radius 1 is 1.62 bits per heavy atom. The predicted molar refractivity (Wildman–Crippen MR) is 36.4 cm³/mol. The summed E-state index contributed by atoms with van der Waals surface area (Å²) in [7, 11) is 0. The van der Waals surface area contributed by atoms with E-state index in [9.17, 15) is 0 Å². The molecule has 0 aromatic heterocycles. The monoisotopic (exact) mass is 121 g/mol. The second-order valence-corrected chi connectivity index (χ2v) is 2.84. The fraction of sp³-hybridized carbons (Fsp3) is 0.143. The normalized spacial score (nSPS) is 31.0. The Kier molecular flexibility index (Phi) is 0.847. The van der Waals surface area contributed by atoms with E-state index in [0.717, 1.165) is 0 Å². The summed E-state index contributed by atoms with van der Waals surface area (Å²) in [6.45, 7) is 0. The van der Waals surface area contributed by atoms with Crippen molar-refractivity contribution in [1.82, 2.24) is 0 Å². The average molecular weight is 121 g/mol. The van der Waals surface area contributed by atoms with Gasteiger partial charge in [0.05, 0.1) is 5.25 Å². The van der Waals surface area contributed by atoms with Gasteiger partial charge in [0.15, 0.2) is 0 Å². The lowest BCUT2D eigenvalue weighted by molar-refractivity contribution is 1.37. The summed E-state index contributed by atoms with van der Waals surface area (Å²) in [5.74, 6) is 0. The summed E-state index contributed by atoms with van der Waals surface area (Å²) in [6.07, 6.45) is 9.55. The molecule has 0 N–H and O–H groups in total. The van der Waals surface area contributed by atoms with Crippen LogP contribution >= 0.6 is 11.8 Å². The molecular weight excluding hydrogens is 116 g/mol. The van der Waals surface area contributed by atoms with E-state index in [1.807, 2.05) is 17.2 Å². The Morgan fingerprint density at radius 3 is 3.50 bits per heavy atom. The SMILES string of the molecule is [C]1=CSC2C=CC=C12. The van der Waals surface area contributed by atoms with Crippen LogP contribution in [0.5, 0.6) is 0 Å². The van der Waals surface area contributed by atoms with Gasteiger partial charge < -0.3 is 0 Å². The lowest BCUT2D eigenvalue weighted by Gasteiger charge is -1.95. The highest BCUT2D eigenvalue weighted by Gasteiger charge is 2.15. The Bertz CT molecular complexity index is 187. The summed E-state index contributed by atoms with van der Waals surface area (Å²) in [4.78, 5) is 0. The lowest BCUT2D eigenvalue weighted by Crippen LogP contribution is -1.88. The molecule has 0 aromatic carbocycles. The predicted octanol–water partition coefficient (Wildman–Crippen LogP) is 1.91. The molecule has 0 spiro atoms. The van der Waals surface area contributed by atoms with Crippen LogP contribution in [0.4, 0.5) is 0 Å². The fourth-order valence-electron chi connectivity index (χ4n) is 0.883. The van der Waals surface area contributed by atoms with E-state index >= 15 is 0 Å². The highest BCUT2D eigenvalue weighted by molar-refractivity contribution is 8.03. The first kappa shape index (κ1) is 4.45. The third-order valence-electron chi connectivity index (χ3n) is 1.31. The molecule has 0 saturated carbocycles. The summed E-state index contributed by atoms with van der Waals surface area (Å²) < 4.78 is 0. The molecule has 0 nitrogen and oxygen atoms in total. The van der Waals surface area contributed by atoms with Gasteiger partial charge in [-0.25, -0.2) is 0 Å². The van der Waals surface area contributed by atoms with Crippen molar-refractivity contribution in [2.45, 2.75) is 5.25 Å². The maximum absolute atomic E-state index is 3.16. The van der Waals surface area contributed by atoms with Crippen LogP contribution < -0.4 is 0 Å². The van der Waals surface area contributed by atoms with Crippen LogP contribution in [-0.4, -0.2) is 5.25 Å². The van der Waals surface area contributed by atoms with Gasteiger partial charge in [-0.15, -0.1) is 11.8 Å². The van der Waals surface area contributed by atoms with Crippen molar-refractivity contribution < 1.29 is 0 Å². The van der Waals surface area contributed by atoms with E-state index in [2.05, 4.69) is 24.3 Å². The molecule has 0 amide bonds. The Labute approximate surface area is 53.0 Å². The highest BCUT2D eigenvalue weighted by atomic mass is 32.2. The number of rotatable bonds is 0. The molecule has 1 radical (unpaired) electrons. The minimum absolute atomic E-state index is 0.606. The number of allylic oxidation sites excluding steroid dienone is 3. The highest BCUT2D eigenvalue weighted by Crippen LogP contribution is 2.32. The molecule has 2 aliphatic rings. The van der Waals surface area contributed by atoms with Gasteiger partial charge in [0.2, 0.25) is 0 Å². The first-order valence-corrected chi connectivity index (χ1v) is 3.53. The zero-order chi connectivity index (χ0) is 5.40. The smallest absolute Gasteiger partial charge is 0.0528 e. The molecule has 1 aliphatic carbocycles. The van der Waals surface area contributed by atoms with E-state index in [0.29, 0.717) is 5.25 Å². The summed E-state index contributed by atoms with van der Waals surface area (Å²) >= 11 is 1.82. The van der Waals surface area contributed by atoms with E-state index in [-0.39, 0.29) is 0 Å². The van der Waals surface area contributed by atoms with Gasteiger partial charge in [-0.1, -0.05) is 18.2 Å². The van der Waals surface area contributed by atoms with Crippen LogP contribution in [0, 0.1) is 6.08 Å². The minimum Gasteiger partial charge on any atom is -0.121 e. The third-order valence-corrected chi connectivity index (χ3v) is 2.27. The second kappa shape index (κ2) is 1.52. The standard InChI is InChI=1S/C7H5S/c1-2-6-4-5-8-7(6)3-1/h1-3,5,7H. The lowest BCUT2D eigenvalue weighted by atomic mass is 10.2. The van der Waals surface area contributed by atoms with Crippen molar-refractivity contribution in [3.63, 3.8) is 0 Å². The summed E-state index contributed by atoms with van der Waals surface area (Å²) in [5, 5.41) is 2.63. The molecule has 0 aromatic rings. The van der Waals surface area contributed by atoms with Crippen LogP contribution in [0.1, 0.15) is 0 Å². The van der Waals surface area contributed by atoms with E-state index in [4.69, 9.17) is 0 Å². The van der Waals surface area contributed by atoms with Gasteiger partial charge in [-0.3, -0.25) is 0 Å². The van der Waals surface area contributed by atoms with Crippen molar-refractivity contribution >= 4 is 11.8 Å². The first-order chi connectivity index (χ1) is 3.97. The van der Waals surface area contributed by atoms with Crippen molar-refractivity contribution in [2.24, 2.45) is 0 Å². The number of hydrogen-bond acceptors (Lipinski definition) is 1. The van der Waals surface area contributed by atoms with Gasteiger partial charge >= 0.3 is 0 Å². The topological polar surface area (TPSA) is 0 Å². The Balaban J connectivity index is 2.39. The zero-order valence-corrected chi connectivity index (χ0v) is 5.11. The minimum atomic E-state index is 0.606. The molecule has 0 bridgehead atoms. The molecular formula is C7H5S. The van der Waals surface area contributed by atoms with Gasteiger partial charge in [0, 0.05) is 0 Å². The number of fused-ring (bicyclic) bond motifs is 1. The van der Waals surface area contributed by atoms with Crippen LogP contribution in [0.3, 0.4) is 0 Å². The molecule has 2 rings (SSSR count). The molecule has 0 saturated heterocycles. The van der Waals surface area contributed by atoms with Crippen LogP contribution in [0.25, 0.3) is 0 Å². The Morgan fingerprint density at radius 2 is 2.62 bits per heavy atom. The largest absolute Gasteiger partial charge is 0.121 e. The van der Waals surface area contributed by atoms with E-state index in [1.165, 1.54) is 5.57 Å². The van der Waals surface area contributed by atoms with Gasteiger partial charge in [0.25, 0.3) is 0 Å². The van der Waals surface area contributed by atoms with Gasteiger partial charge in [-0.2, -0.15) is 0 Å². The summed E-state index contributed by atoms with van der Waals surface area (Å²) in [5.41, 5.74) is 1.33. The van der Waals surface area contributed by atoms with Gasteiger partial charge in [0.1, 0.15) is 0 Å². The Hall–Kier alpha value is -0.430. The maximum atomic E-state index is 3.16. The molecule has 1 atom stereocenters. The quantitative estimate of drug-likeness (QED) is 0.471. The molecule has 1 unspecified atom stereocenters. The molecule has 39 valence electrons. The van der Waals surface area contributed by atoms with Crippen molar-refractivity contribution in [3.05, 3.63) is 35.3 Å². The van der Waals surface area contributed by atoms with Crippen molar-refractivity contribution in [3.8, 4) is 0 Å². The summed E-state index contributed by atoms with van der Waals surface area (Å²) in [6, 6.07) is 0.